The van der Waals surface area contributed by atoms with Crippen LogP contribution in [-0.4, -0.2) is 60.9 Å². The van der Waals surface area contributed by atoms with Gasteiger partial charge in [-0.15, -0.1) is 0 Å². The second-order valence-electron chi connectivity index (χ2n) is 7.84. The van der Waals surface area contributed by atoms with E-state index in [1.807, 2.05) is 24.3 Å². The van der Waals surface area contributed by atoms with Gasteiger partial charge in [-0.1, -0.05) is 18.2 Å². The topological polar surface area (TPSA) is 93.6 Å². The summed E-state index contributed by atoms with van der Waals surface area (Å²) in [6.07, 6.45) is 1.94. The molecule has 1 aromatic carbocycles. The van der Waals surface area contributed by atoms with Crippen molar-refractivity contribution in [1.82, 2.24) is 9.88 Å². The summed E-state index contributed by atoms with van der Waals surface area (Å²) in [6, 6.07) is 7.07. The van der Waals surface area contributed by atoms with Crippen LogP contribution in [0, 0.1) is 0 Å². The van der Waals surface area contributed by atoms with Crippen LogP contribution < -0.4 is 0 Å². The number of carbonyl (C=O) groups is 2. The van der Waals surface area contributed by atoms with Gasteiger partial charge in [0.1, 0.15) is 0 Å². The van der Waals surface area contributed by atoms with Gasteiger partial charge in [0.25, 0.3) is 5.91 Å². The SMILES string of the molecule is C[C@@H](OC(=O)c1c2c(nc3ccccc13)CCC2)C(=O)N(C)[C@H]1CCS(=O)(=O)C1. The molecule has 7 nitrogen and oxygen atoms in total. The summed E-state index contributed by atoms with van der Waals surface area (Å²) in [5.74, 6) is -0.887. The van der Waals surface area contributed by atoms with E-state index in [9.17, 15) is 18.0 Å². The number of likely N-dealkylation sites (N-methyl/N-ethyl adjacent to an activating group) is 1. The van der Waals surface area contributed by atoms with Gasteiger partial charge in [-0.05, 0) is 44.2 Å². The van der Waals surface area contributed by atoms with Crippen LogP contribution in [0.3, 0.4) is 0 Å². The highest BCUT2D eigenvalue weighted by Crippen LogP contribution is 2.30. The molecule has 154 valence electrons. The molecule has 4 rings (SSSR count). The number of rotatable bonds is 4. The fraction of sp³-hybridized carbons (Fsp3) is 0.476. The highest BCUT2D eigenvalue weighted by molar-refractivity contribution is 7.91. The Labute approximate surface area is 170 Å². The van der Waals surface area contributed by atoms with Gasteiger partial charge in [-0.2, -0.15) is 0 Å². The maximum Gasteiger partial charge on any atom is 0.339 e. The molecule has 0 saturated carbocycles. The molecule has 0 bridgehead atoms. The molecule has 0 spiro atoms. The number of ether oxygens (including phenoxy) is 1. The molecule has 1 fully saturated rings. The van der Waals surface area contributed by atoms with Crippen LogP contribution in [0.2, 0.25) is 0 Å². The number of fused-ring (bicyclic) bond motifs is 2. The molecule has 0 unspecified atom stereocenters. The normalized spacial score (nSPS) is 21.0. The van der Waals surface area contributed by atoms with E-state index in [2.05, 4.69) is 4.98 Å². The molecule has 8 heteroatoms. The van der Waals surface area contributed by atoms with Crippen molar-refractivity contribution in [2.75, 3.05) is 18.6 Å². The monoisotopic (exact) mass is 416 g/mol. The van der Waals surface area contributed by atoms with E-state index >= 15 is 0 Å². The Morgan fingerprint density at radius 3 is 2.72 bits per heavy atom. The van der Waals surface area contributed by atoms with Gasteiger partial charge < -0.3 is 9.64 Å². The van der Waals surface area contributed by atoms with Gasteiger partial charge in [0.15, 0.2) is 15.9 Å². The lowest BCUT2D eigenvalue weighted by atomic mass is 10.0. The molecule has 29 heavy (non-hydrogen) atoms. The number of aromatic nitrogens is 1. The van der Waals surface area contributed by atoms with Crippen molar-refractivity contribution in [3.63, 3.8) is 0 Å². The molecule has 2 aromatic rings. The molecule has 2 aliphatic rings. The Morgan fingerprint density at radius 2 is 2.00 bits per heavy atom. The quantitative estimate of drug-likeness (QED) is 0.707. The third-order valence-electron chi connectivity index (χ3n) is 5.86. The highest BCUT2D eigenvalue weighted by Gasteiger charge is 2.35. The first-order chi connectivity index (χ1) is 13.8. The van der Waals surface area contributed by atoms with Crippen molar-refractivity contribution in [2.24, 2.45) is 0 Å². The lowest BCUT2D eigenvalue weighted by molar-refractivity contribution is -0.140. The molecular formula is C21H24N2O5S. The Balaban J connectivity index is 1.56. The molecule has 1 aliphatic heterocycles. The van der Waals surface area contributed by atoms with E-state index < -0.39 is 27.8 Å². The zero-order valence-electron chi connectivity index (χ0n) is 16.6. The van der Waals surface area contributed by atoms with Crippen molar-refractivity contribution in [3.05, 3.63) is 41.1 Å². The van der Waals surface area contributed by atoms with Gasteiger partial charge in [0.05, 0.1) is 22.6 Å². The van der Waals surface area contributed by atoms with Gasteiger partial charge in [-0.3, -0.25) is 9.78 Å². The van der Waals surface area contributed by atoms with E-state index in [4.69, 9.17) is 4.74 Å². The molecule has 1 aliphatic carbocycles. The summed E-state index contributed by atoms with van der Waals surface area (Å²) in [6.45, 7) is 1.53. The molecule has 0 N–H and O–H groups in total. The van der Waals surface area contributed by atoms with E-state index in [1.54, 1.807) is 7.05 Å². The number of para-hydroxylation sites is 1. The first kappa shape index (κ1) is 19.8. The molecule has 1 amide bonds. The smallest absolute Gasteiger partial charge is 0.339 e. The summed E-state index contributed by atoms with van der Waals surface area (Å²) >= 11 is 0. The predicted octanol–water partition coefficient (Wildman–Crippen LogP) is 1.91. The second-order valence-corrected chi connectivity index (χ2v) is 10.1. The zero-order chi connectivity index (χ0) is 20.8. The minimum Gasteiger partial charge on any atom is -0.449 e. The minimum absolute atomic E-state index is 0.0432. The minimum atomic E-state index is -3.11. The molecule has 2 atom stereocenters. The number of aryl methyl sites for hydroxylation is 1. The number of sulfone groups is 1. The molecule has 1 aromatic heterocycles. The zero-order valence-corrected chi connectivity index (χ0v) is 17.4. The van der Waals surface area contributed by atoms with Crippen LogP contribution in [0.5, 0.6) is 0 Å². The number of pyridine rings is 1. The van der Waals surface area contributed by atoms with Gasteiger partial charge in [0, 0.05) is 24.2 Å². The summed E-state index contributed by atoms with van der Waals surface area (Å²) < 4.78 is 29.0. The number of amides is 1. The Hall–Kier alpha value is -2.48. The lowest BCUT2D eigenvalue weighted by Crippen LogP contribution is -2.44. The average molecular weight is 416 g/mol. The number of benzene rings is 1. The summed E-state index contributed by atoms with van der Waals surface area (Å²) in [5, 5.41) is 0.730. The first-order valence-corrected chi connectivity index (χ1v) is 11.7. The lowest BCUT2D eigenvalue weighted by Gasteiger charge is -2.26. The Morgan fingerprint density at radius 1 is 1.24 bits per heavy atom. The van der Waals surface area contributed by atoms with Gasteiger partial charge in [0.2, 0.25) is 0 Å². The molecular weight excluding hydrogens is 392 g/mol. The third kappa shape index (κ3) is 3.73. The fourth-order valence-corrected chi connectivity index (χ4v) is 6.04. The van der Waals surface area contributed by atoms with Crippen molar-refractivity contribution >= 4 is 32.6 Å². The van der Waals surface area contributed by atoms with Crippen LogP contribution in [0.4, 0.5) is 0 Å². The fourth-order valence-electron chi connectivity index (χ4n) is 4.26. The summed E-state index contributed by atoms with van der Waals surface area (Å²) in [5.41, 5.74) is 3.06. The van der Waals surface area contributed by atoms with E-state index in [0.717, 1.165) is 41.4 Å². The standard InChI is InChI=1S/C21H24N2O5S/c1-13(20(24)23(2)14-10-11-29(26,27)12-14)28-21(25)19-15-6-3-4-8-17(15)22-18-9-5-7-16(18)19/h3-4,6,8,13-14H,5,7,9-12H2,1-2H3/t13-,14+/m1/s1. The molecule has 1 saturated heterocycles. The first-order valence-electron chi connectivity index (χ1n) is 9.85. The van der Waals surface area contributed by atoms with Crippen molar-refractivity contribution in [2.45, 2.75) is 44.8 Å². The Bertz CT molecular complexity index is 1100. The van der Waals surface area contributed by atoms with Crippen LogP contribution in [0.15, 0.2) is 24.3 Å². The van der Waals surface area contributed by atoms with Crippen LogP contribution in [0.1, 0.15) is 41.4 Å². The van der Waals surface area contributed by atoms with Gasteiger partial charge >= 0.3 is 5.97 Å². The van der Waals surface area contributed by atoms with Crippen molar-refractivity contribution in [3.8, 4) is 0 Å². The van der Waals surface area contributed by atoms with Crippen LogP contribution in [-0.2, 0) is 32.2 Å². The maximum atomic E-state index is 13.1. The van der Waals surface area contributed by atoms with E-state index in [1.165, 1.54) is 11.8 Å². The largest absolute Gasteiger partial charge is 0.449 e. The number of carbonyl (C=O) groups excluding carboxylic acids is 2. The maximum absolute atomic E-state index is 13.1. The van der Waals surface area contributed by atoms with Crippen molar-refractivity contribution in [1.29, 1.82) is 0 Å². The molecule has 2 heterocycles. The van der Waals surface area contributed by atoms with Gasteiger partial charge in [-0.25, -0.2) is 13.2 Å². The Kier molecular flexibility index (Phi) is 5.06. The van der Waals surface area contributed by atoms with Crippen molar-refractivity contribution < 1.29 is 22.7 Å². The number of hydrogen-bond donors (Lipinski definition) is 0. The predicted molar refractivity (Wildman–Crippen MR) is 108 cm³/mol. The summed E-state index contributed by atoms with van der Waals surface area (Å²) in [7, 11) is -1.54. The number of esters is 1. The molecule has 0 radical (unpaired) electrons. The highest BCUT2D eigenvalue weighted by atomic mass is 32.2. The van der Waals surface area contributed by atoms with E-state index in [0.29, 0.717) is 12.0 Å². The summed E-state index contributed by atoms with van der Waals surface area (Å²) in [4.78, 5) is 31.9. The second kappa shape index (κ2) is 7.40. The average Bonchev–Trinajstić information content (AvgIpc) is 3.30. The van der Waals surface area contributed by atoms with Crippen LogP contribution in [0.25, 0.3) is 10.9 Å². The number of nitrogens with zero attached hydrogens (tertiary/aromatic N) is 2. The number of hydrogen-bond acceptors (Lipinski definition) is 6. The van der Waals surface area contributed by atoms with E-state index in [-0.39, 0.29) is 17.5 Å². The van der Waals surface area contributed by atoms with Crippen LogP contribution >= 0.6 is 0 Å². The third-order valence-corrected chi connectivity index (χ3v) is 7.61.